The molecule has 0 saturated heterocycles. The number of aliphatic hydroxyl groups is 1. The second-order valence-electron chi connectivity index (χ2n) is 4.86. The molecule has 0 bridgehead atoms. The van der Waals surface area contributed by atoms with Crippen molar-refractivity contribution < 1.29 is 5.11 Å². The fraction of sp³-hybridized carbons (Fsp3) is 0.600. The Morgan fingerprint density at radius 2 is 2.40 bits per heavy atom. The van der Waals surface area contributed by atoms with Gasteiger partial charge >= 0.3 is 0 Å². The number of hydrogen-bond acceptors (Lipinski definition) is 5. The molecule has 0 aliphatic carbocycles. The lowest BCUT2D eigenvalue weighted by atomic mass is 10.2. The van der Waals surface area contributed by atoms with Gasteiger partial charge in [0.15, 0.2) is 0 Å². The molecule has 20 heavy (non-hydrogen) atoms. The second kappa shape index (κ2) is 10.3. The van der Waals surface area contributed by atoms with Gasteiger partial charge in [0, 0.05) is 45.0 Å². The molecule has 1 aromatic rings. The monoisotopic (exact) mass is 276 g/mol. The number of nitrogens with zero attached hydrogens (tertiary/aromatic N) is 3. The van der Waals surface area contributed by atoms with Crippen LogP contribution in [0.25, 0.3) is 0 Å². The van der Waals surface area contributed by atoms with Crippen LogP contribution in [-0.2, 0) is 6.54 Å². The fourth-order valence-electron chi connectivity index (χ4n) is 2.00. The molecule has 2 N–H and O–H groups in total. The number of pyridine rings is 1. The van der Waals surface area contributed by atoms with Crippen molar-refractivity contribution in [1.29, 1.82) is 5.26 Å². The van der Waals surface area contributed by atoms with Gasteiger partial charge in [0.1, 0.15) is 0 Å². The first-order chi connectivity index (χ1) is 9.76. The predicted molar refractivity (Wildman–Crippen MR) is 78.9 cm³/mol. The van der Waals surface area contributed by atoms with Crippen molar-refractivity contribution in [3.8, 4) is 6.07 Å². The summed E-state index contributed by atoms with van der Waals surface area (Å²) >= 11 is 0. The highest BCUT2D eigenvalue weighted by atomic mass is 16.3. The summed E-state index contributed by atoms with van der Waals surface area (Å²) < 4.78 is 0. The van der Waals surface area contributed by atoms with Gasteiger partial charge in [0.05, 0.1) is 12.2 Å². The third kappa shape index (κ3) is 7.19. The van der Waals surface area contributed by atoms with E-state index >= 15 is 0 Å². The number of aromatic nitrogens is 1. The number of rotatable bonds is 10. The molecule has 1 aromatic heterocycles. The second-order valence-corrected chi connectivity index (χ2v) is 4.86. The summed E-state index contributed by atoms with van der Waals surface area (Å²) in [6.07, 6.45) is 4.67. The highest BCUT2D eigenvalue weighted by Gasteiger charge is 2.12. The van der Waals surface area contributed by atoms with E-state index in [-0.39, 0.29) is 0 Å². The maximum absolute atomic E-state index is 10.0. The average Bonchev–Trinajstić information content (AvgIpc) is 2.46. The van der Waals surface area contributed by atoms with Crippen molar-refractivity contribution in [3.63, 3.8) is 0 Å². The van der Waals surface area contributed by atoms with E-state index in [2.05, 4.69) is 28.2 Å². The van der Waals surface area contributed by atoms with E-state index in [0.29, 0.717) is 32.6 Å². The van der Waals surface area contributed by atoms with Gasteiger partial charge in [0.25, 0.3) is 0 Å². The van der Waals surface area contributed by atoms with Crippen molar-refractivity contribution >= 4 is 0 Å². The molecular weight excluding hydrogens is 252 g/mol. The summed E-state index contributed by atoms with van der Waals surface area (Å²) in [5.74, 6) is 0. The van der Waals surface area contributed by atoms with Crippen LogP contribution in [0.4, 0.5) is 0 Å². The van der Waals surface area contributed by atoms with E-state index < -0.39 is 6.10 Å². The van der Waals surface area contributed by atoms with Crippen LogP contribution < -0.4 is 5.32 Å². The Balaban J connectivity index is 2.45. The highest BCUT2D eigenvalue weighted by molar-refractivity contribution is 5.08. The predicted octanol–water partition coefficient (Wildman–Crippen LogP) is 1.16. The first-order valence-electron chi connectivity index (χ1n) is 7.13. The molecule has 1 atom stereocenters. The molecule has 0 amide bonds. The maximum atomic E-state index is 10.0. The molecule has 1 heterocycles. The fourth-order valence-corrected chi connectivity index (χ4v) is 2.00. The Bertz CT molecular complexity index is 391. The highest BCUT2D eigenvalue weighted by Crippen LogP contribution is 2.04. The standard InChI is InChI=1S/C15H24N4O/c1-2-7-17-11-15(20)13-19(9-4-6-16)12-14-5-3-8-18-10-14/h3,5,8,10,15,17,20H,2,4,7,9,11-13H2,1H3. The Morgan fingerprint density at radius 3 is 3.05 bits per heavy atom. The maximum Gasteiger partial charge on any atom is 0.0791 e. The van der Waals surface area contributed by atoms with Crippen LogP contribution in [0.2, 0.25) is 0 Å². The van der Waals surface area contributed by atoms with Crippen molar-refractivity contribution in [2.45, 2.75) is 32.4 Å². The lowest BCUT2D eigenvalue weighted by molar-refractivity contribution is 0.108. The summed E-state index contributed by atoms with van der Waals surface area (Å²) in [7, 11) is 0. The van der Waals surface area contributed by atoms with Crippen LogP contribution >= 0.6 is 0 Å². The molecule has 1 unspecified atom stereocenters. The zero-order valence-corrected chi connectivity index (χ0v) is 12.1. The van der Waals surface area contributed by atoms with Gasteiger partial charge in [-0.2, -0.15) is 5.26 Å². The van der Waals surface area contributed by atoms with Gasteiger partial charge in [-0.15, -0.1) is 0 Å². The summed E-state index contributed by atoms with van der Waals surface area (Å²) in [4.78, 5) is 6.19. The van der Waals surface area contributed by atoms with E-state index in [0.717, 1.165) is 18.5 Å². The summed E-state index contributed by atoms with van der Waals surface area (Å²) in [6, 6.07) is 6.06. The zero-order chi connectivity index (χ0) is 14.6. The van der Waals surface area contributed by atoms with Crippen LogP contribution in [0.15, 0.2) is 24.5 Å². The molecule has 0 fully saturated rings. The zero-order valence-electron chi connectivity index (χ0n) is 12.1. The molecular formula is C15H24N4O. The van der Waals surface area contributed by atoms with Crippen molar-refractivity contribution in [1.82, 2.24) is 15.2 Å². The topological polar surface area (TPSA) is 72.2 Å². The summed E-state index contributed by atoms with van der Waals surface area (Å²) in [5.41, 5.74) is 1.10. The number of hydrogen-bond donors (Lipinski definition) is 2. The van der Waals surface area contributed by atoms with Gasteiger partial charge in [-0.25, -0.2) is 0 Å². The lowest BCUT2D eigenvalue weighted by Gasteiger charge is -2.24. The Kier molecular flexibility index (Phi) is 8.56. The number of aliphatic hydroxyl groups excluding tert-OH is 1. The molecule has 0 radical (unpaired) electrons. The van der Waals surface area contributed by atoms with E-state index in [4.69, 9.17) is 5.26 Å². The van der Waals surface area contributed by atoms with E-state index in [1.165, 1.54) is 0 Å². The molecule has 0 spiro atoms. The van der Waals surface area contributed by atoms with Crippen LogP contribution in [0.1, 0.15) is 25.3 Å². The molecule has 0 aliphatic heterocycles. The molecule has 110 valence electrons. The van der Waals surface area contributed by atoms with Gasteiger partial charge in [-0.05, 0) is 24.6 Å². The molecule has 0 aliphatic rings. The minimum atomic E-state index is -0.420. The molecule has 0 aromatic carbocycles. The Morgan fingerprint density at radius 1 is 1.55 bits per heavy atom. The lowest BCUT2D eigenvalue weighted by Crippen LogP contribution is -2.38. The van der Waals surface area contributed by atoms with Crippen LogP contribution in [-0.4, -0.2) is 47.3 Å². The number of nitrogens with one attached hydrogen (secondary N) is 1. The van der Waals surface area contributed by atoms with E-state index in [1.54, 1.807) is 6.20 Å². The van der Waals surface area contributed by atoms with Gasteiger partial charge < -0.3 is 10.4 Å². The van der Waals surface area contributed by atoms with Crippen molar-refractivity contribution in [3.05, 3.63) is 30.1 Å². The smallest absolute Gasteiger partial charge is 0.0791 e. The SMILES string of the molecule is CCCNCC(O)CN(CCC#N)Cc1cccnc1. The normalized spacial score (nSPS) is 12.3. The first-order valence-corrected chi connectivity index (χ1v) is 7.13. The van der Waals surface area contributed by atoms with Crippen molar-refractivity contribution in [2.24, 2.45) is 0 Å². The largest absolute Gasteiger partial charge is 0.390 e. The molecule has 1 rings (SSSR count). The van der Waals surface area contributed by atoms with Gasteiger partial charge in [0.2, 0.25) is 0 Å². The molecule has 5 heteroatoms. The number of nitriles is 1. The van der Waals surface area contributed by atoms with Gasteiger partial charge in [-0.3, -0.25) is 9.88 Å². The minimum Gasteiger partial charge on any atom is -0.390 e. The Hall–Kier alpha value is -1.48. The van der Waals surface area contributed by atoms with E-state index in [9.17, 15) is 5.11 Å². The van der Waals surface area contributed by atoms with Crippen molar-refractivity contribution in [2.75, 3.05) is 26.2 Å². The van der Waals surface area contributed by atoms with Crippen LogP contribution in [0.3, 0.4) is 0 Å². The van der Waals surface area contributed by atoms with Crippen LogP contribution in [0.5, 0.6) is 0 Å². The Labute approximate surface area is 121 Å². The summed E-state index contributed by atoms with van der Waals surface area (Å²) in [5, 5.41) is 22.0. The van der Waals surface area contributed by atoms with Gasteiger partial charge in [-0.1, -0.05) is 13.0 Å². The summed E-state index contributed by atoms with van der Waals surface area (Å²) in [6.45, 7) is 5.53. The molecule has 0 saturated carbocycles. The first kappa shape index (κ1) is 16.6. The third-order valence-corrected chi connectivity index (χ3v) is 2.94. The quantitative estimate of drug-likeness (QED) is 0.627. The average molecular weight is 276 g/mol. The van der Waals surface area contributed by atoms with E-state index in [1.807, 2.05) is 18.3 Å². The van der Waals surface area contributed by atoms with Crippen LogP contribution in [0, 0.1) is 11.3 Å². The minimum absolute atomic E-state index is 0.420. The molecule has 5 nitrogen and oxygen atoms in total. The third-order valence-electron chi connectivity index (χ3n) is 2.94.